The molecule has 1 amide bonds. The van der Waals surface area contributed by atoms with Gasteiger partial charge >= 0.3 is 0 Å². The summed E-state index contributed by atoms with van der Waals surface area (Å²) in [6.07, 6.45) is 0.479. The van der Waals surface area contributed by atoms with Crippen LogP contribution in [0.5, 0.6) is 0 Å². The third-order valence-electron chi connectivity index (χ3n) is 3.72. The molecule has 0 saturated carbocycles. The number of hydrogen-bond acceptors (Lipinski definition) is 4. The number of carbonyl (C=O) groups excluding carboxylic acids is 1. The second-order valence-electron chi connectivity index (χ2n) is 6.08. The Bertz CT molecular complexity index is 452. The molecule has 0 bridgehead atoms. The van der Waals surface area contributed by atoms with E-state index in [1.807, 2.05) is 25.1 Å². The monoisotopic (exact) mass is 341 g/mol. The Kier molecular flexibility index (Phi) is 9.17. The Morgan fingerprint density at radius 1 is 1.43 bits per heavy atom. The maximum absolute atomic E-state index is 12.0. The summed E-state index contributed by atoms with van der Waals surface area (Å²) in [5, 5.41) is 6.37. The summed E-state index contributed by atoms with van der Waals surface area (Å²) in [5.41, 5.74) is 1.28. The smallest absolute Gasteiger partial charge is 0.221 e. The third-order valence-corrected chi connectivity index (χ3v) is 3.72. The number of rotatable bonds is 7. The average Bonchev–Trinajstić information content (AvgIpc) is 2.48. The highest BCUT2D eigenvalue weighted by molar-refractivity contribution is 5.85. The minimum absolute atomic E-state index is 0. The van der Waals surface area contributed by atoms with E-state index in [0.29, 0.717) is 13.0 Å². The fraction of sp³-hybridized carbons (Fsp3) is 0.588. The fourth-order valence-electron chi connectivity index (χ4n) is 2.78. The van der Waals surface area contributed by atoms with Gasteiger partial charge in [0.15, 0.2) is 0 Å². The van der Waals surface area contributed by atoms with Crippen molar-refractivity contribution >= 4 is 18.3 Å². The molecule has 1 aromatic rings. The maximum atomic E-state index is 12.0. The minimum atomic E-state index is 0. The van der Waals surface area contributed by atoms with E-state index in [4.69, 9.17) is 4.74 Å². The summed E-state index contributed by atoms with van der Waals surface area (Å²) in [4.78, 5) is 14.3. The molecule has 1 aliphatic rings. The fourth-order valence-corrected chi connectivity index (χ4v) is 2.78. The standard InChI is InChI=1S/C17H27N3O2.ClH/c1-14(11-20(2)12-15-6-4-3-5-7-15)19-17(21)10-16-13-22-9-8-18-16;/h3-7,14,16,18H,8-13H2,1-2H3,(H,19,21);1H. The molecule has 1 saturated heterocycles. The Hall–Kier alpha value is -1.14. The molecular formula is C17H28ClN3O2. The van der Waals surface area contributed by atoms with Crippen molar-refractivity contribution in [3.05, 3.63) is 35.9 Å². The quantitative estimate of drug-likeness (QED) is 0.787. The first-order valence-corrected chi connectivity index (χ1v) is 7.96. The summed E-state index contributed by atoms with van der Waals surface area (Å²) >= 11 is 0. The molecule has 6 heteroatoms. The number of carbonyl (C=O) groups is 1. The van der Waals surface area contributed by atoms with E-state index in [1.54, 1.807) is 0 Å². The lowest BCUT2D eigenvalue weighted by Gasteiger charge is -2.25. The van der Waals surface area contributed by atoms with Crippen molar-refractivity contribution < 1.29 is 9.53 Å². The van der Waals surface area contributed by atoms with Crippen LogP contribution in [0, 0.1) is 0 Å². The second kappa shape index (κ2) is 10.6. The van der Waals surface area contributed by atoms with E-state index < -0.39 is 0 Å². The predicted octanol–water partition coefficient (Wildman–Crippen LogP) is 1.42. The number of nitrogens with zero attached hydrogens (tertiary/aromatic N) is 1. The molecule has 0 radical (unpaired) electrons. The highest BCUT2D eigenvalue weighted by Gasteiger charge is 2.18. The van der Waals surface area contributed by atoms with Crippen molar-refractivity contribution in [3.8, 4) is 0 Å². The number of halogens is 1. The summed E-state index contributed by atoms with van der Waals surface area (Å²) in [5.74, 6) is 0.0867. The van der Waals surface area contributed by atoms with Crippen molar-refractivity contribution in [1.29, 1.82) is 0 Å². The molecule has 2 atom stereocenters. The van der Waals surface area contributed by atoms with Crippen LogP contribution in [0.2, 0.25) is 0 Å². The number of morpholine rings is 1. The highest BCUT2D eigenvalue weighted by atomic mass is 35.5. The molecule has 1 heterocycles. The van der Waals surface area contributed by atoms with Crippen LogP contribution in [0.3, 0.4) is 0 Å². The summed E-state index contributed by atoms with van der Waals surface area (Å²) < 4.78 is 5.37. The van der Waals surface area contributed by atoms with Crippen LogP contribution >= 0.6 is 12.4 Å². The molecule has 2 unspecified atom stereocenters. The van der Waals surface area contributed by atoms with Gasteiger partial charge in [0, 0.05) is 38.1 Å². The topological polar surface area (TPSA) is 53.6 Å². The summed E-state index contributed by atoms with van der Waals surface area (Å²) in [7, 11) is 2.08. The van der Waals surface area contributed by atoms with Gasteiger partial charge in [-0.3, -0.25) is 4.79 Å². The first-order chi connectivity index (χ1) is 10.6. The molecule has 1 aliphatic heterocycles. The van der Waals surface area contributed by atoms with Crippen LogP contribution in [0.15, 0.2) is 30.3 Å². The molecule has 5 nitrogen and oxygen atoms in total. The Labute approximate surface area is 145 Å². The number of likely N-dealkylation sites (N-methyl/N-ethyl adjacent to an activating group) is 1. The van der Waals surface area contributed by atoms with E-state index >= 15 is 0 Å². The molecule has 2 rings (SSSR count). The van der Waals surface area contributed by atoms with Gasteiger partial charge in [-0.15, -0.1) is 12.4 Å². The van der Waals surface area contributed by atoms with E-state index in [2.05, 4.69) is 34.7 Å². The second-order valence-corrected chi connectivity index (χ2v) is 6.08. The largest absolute Gasteiger partial charge is 0.378 e. The number of nitrogens with one attached hydrogen (secondary N) is 2. The van der Waals surface area contributed by atoms with Crippen molar-refractivity contribution in [3.63, 3.8) is 0 Å². The first-order valence-electron chi connectivity index (χ1n) is 7.96. The molecule has 0 aromatic heterocycles. The molecule has 1 aromatic carbocycles. The molecule has 2 N–H and O–H groups in total. The molecule has 0 spiro atoms. The average molecular weight is 342 g/mol. The molecular weight excluding hydrogens is 314 g/mol. The SMILES string of the molecule is CC(CN(C)Cc1ccccc1)NC(=O)CC1COCCN1.Cl. The van der Waals surface area contributed by atoms with Crippen molar-refractivity contribution in [2.45, 2.75) is 32.0 Å². The van der Waals surface area contributed by atoms with Gasteiger partial charge < -0.3 is 20.3 Å². The van der Waals surface area contributed by atoms with Crippen LogP contribution in [0.1, 0.15) is 18.9 Å². The Morgan fingerprint density at radius 2 is 2.17 bits per heavy atom. The Morgan fingerprint density at radius 3 is 2.83 bits per heavy atom. The van der Waals surface area contributed by atoms with Gasteiger partial charge in [0.2, 0.25) is 5.91 Å². The van der Waals surface area contributed by atoms with Gasteiger partial charge in [0.1, 0.15) is 0 Å². The summed E-state index contributed by atoms with van der Waals surface area (Å²) in [6.45, 7) is 5.94. The molecule has 1 fully saturated rings. The molecule has 23 heavy (non-hydrogen) atoms. The number of amides is 1. The van der Waals surface area contributed by atoms with Crippen LogP contribution in [-0.4, -0.2) is 56.2 Å². The third kappa shape index (κ3) is 7.79. The number of benzene rings is 1. The van der Waals surface area contributed by atoms with Gasteiger partial charge in [-0.1, -0.05) is 30.3 Å². The zero-order valence-electron chi connectivity index (χ0n) is 14.0. The van der Waals surface area contributed by atoms with Crippen LogP contribution in [0.4, 0.5) is 0 Å². The lowest BCUT2D eigenvalue weighted by molar-refractivity contribution is -0.123. The van der Waals surface area contributed by atoms with Gasteiger partial charge in [-0.2, -0.15) is 0 Å². The molecule has 0 aliphatic carbocycles. The summed E-state index contributed by atoms with van der Waals surface area (Å²) in [6, 6.07) is 10.6. The highest BCUT2D eigenvalue weighted by Crippen LogP contribution is 2.04. The maximum Gasteiger partial charge on any atom is 0.221 e. The van der Waals surface area contributed by atoms with Gasteiger partial charge in [-0.25, -0.2) is 0 Å². The number of hydrogen-bond donors (Lipinski definition) is 2. The van der Waals surface area contributed by atoms with Crippen molar-refractivity contribution in [1.82, 2.24) is 15.5 Å². The first kappa shape index (κ1) is 19.9. The van der Waals surface area contributed by atoms with Gasteiger partial charge in [0.05, 0.1) is 13.2 Å². The Balaban J connectivity index is 0.00000264. The lowest BCUT2D eigenvalue weighted by atomic mass is 10.1. The van der Waals surface area contributed by atoms with Crippen LogP contribution in [-0.2, 0) is 16.1 Å². The normalized spacial score (nSPS) is 19.0. The molecule has 130 valence electrons. The van der Waals surface area contributed by atoms with Crippen molar-refractivity contribution in [2.75, 3.05) is 33.4 Å². The van der Waals surface area contributed by atoms with E-state index in [9.17, 15) is 4.79 Å². The predicted molar refractivity (Wildman–Crippen MR) is 94.9 cm³/mol. The zero-order chi connectivity index (χ0) is 15.8. The number of ether oxygens (including phenoxy) is 1. The van der Waals surface area contributed by atoms with E-state index in [0.717, 1.165) is 26.2 Å². The minimum Gasteiger partial charge on any atom is -0.378 e. The van der Waals surface area contributed by atoms with Gasteiger partial charge in [-0.05, 0) is 19.5 Å². The van der Waals surface area contributed by atoms with Gasteiger partial charge in [0.25, 0.3) is 0 Å². The zero-order valence-corrected chi connectivity index (χ0v) is 14.8. The van der Waals surface area contributed by atoms with Crippen LogP contribution in [0.25, 0.3) is 0 Å². The van der Waals surface area contributed by atoms with Crippen molar-refractivity contribution in [2.24, 2.45) is 0 Å². The van der Waals surface area contributed by atoms with Crippen LogP contribution < -0.4 is 10.6 Å². The van der Waals surface area contributed by atoms with E-state index in [1.165, 1.54) is 5.56 Å². The van der Waals surface area contributed by atoms with E-state index in [-0.39, 0.29) is 30.4 Å². The lowest BCUT2D eigenvalue weighted by Crippen LogP contribution is -2.46.